The lowest BCUT2D eigenvalue weighted by molar-refractivity contribution is 1.35. The Kier molecular flexibility index (Phi) is 3.96. The van der Waals surface area contributed by atoms with Crippen LogP contribution in [0.1, 0.15) is 13.8 Å². The number of hydrogen-bond donors (Lipinski definition) is 2. The van der Waals surface area contributed by atoms with E-state index in [9.17, 15) is 0 Å². The van der Waals surface area contributed by atoms with Crippen molar-refractivity contribution in [3.8, 4) is 0 Å². The molecule has 0 aromatic heterocycles. The molecule has 0 aliphatic rings. The standard InChI is InChI=1S/C9H14N2/c1-7(2)4-5-9(11)8(3)6-10/h4-6,10H,3,11H2,1-2H3/b9-5+,10-6?. The van der Waals surface area contributed by atoms with Crippen molar-refractivity contribution < 1.29 is 0 Å². The van der Waals surface area contributed by atoms with Crippen molar-refractivity contribution in [1.82, 2.24) is 0 Å². The van der Waals surface area contributed by atoms with E-state index in [4.69, 9.17) is 11.1 Å². The van der Waals surface area contributed by atoms with Gasteiger partial charge in [0.2, 0.25) is 0 Å². The van der Waals surface area contributed by atoms with Crippen LogP contribution < -0.4 is 5.73 Å². The monoisotopic (exact) mass is 150 g/mol. The van der Waals surface area contributed by atoms with Crippen LogP contribution in [-0.2, 0) is 0 Å². The first-order valence-corrected chi connectivity index (χ1v) is 3.38. The van der Waals surface area contributed by atoms with Crippen LogP contribution in [0.25, 0.3) is 0 Å². The maximum Gasteiger partial charge on any atom is 0.0396 e. The van der Waals surface area contributed by atoms with E-state index in [1.54, 1.807) is 6.08 Å². The van der Waals surface area contributed by atoms with Gasteiger partial charge in [-0.3, -0.25) is 0 Å². The van der Waals surface area contributed by atoms with Crippen molar-refractivity contribution in [2.75, 3.05) is 0 Å². The minimum atomic E-state index is 0.543. The third-order valence-electron chi connectivity index (χ3n) is 1.14. The summed E-state index contributed by atoms with van der Waals surface area (Å²) in [6.45, 7) is 7.55. The number of rotatable bonds is 3. The van der Waals surface area contributed by atoms with E-state index in [0.717, 1.165) is 6.21 Å². The van der Waals surface area contributed by atoms with Gasteiger partial charge in [-0.1, -0.05) is 18.2 Å². The predicted octanol–water partition coefficient (Wildman–Crippen LogP) is 2.00. The smallest absolute Gasteiger partial charge is 0.0396 e. The van der Waals surface area contributed by atoms with Crippen LogP contribution in [0.2, 0.25) is 0 Å². The molecule has 3 N–H and O–H groups in total. The van der Waals surface area contributed by atoms with Gasteiger partial charge in [0, 0.05) is 17.5 Å². The Balaban J connectivity index is 4.34. The first kappa shape index (κ1) is 9.69. The van der Waals surface area contributed by atoms with E-state index >= 15 is 0 Å². The molecule has 2 heteroatoms. The van der Waals surface area contributed by atoms with Gasteiger partial charge in [0.25, 0.3) is 0 Å². The van der Waals surface area contributed by atoms with E-state index in [1.165, 1.54) is 5.57 Å². The zero-order valence-electron chi connectivity index (χ0n) is 7.02. The number of nitrogens with two attached hydrogens (primary N) is 1. The first-order chi connectivity index (χ1) is 5.07. The Morgan fingerprint density at radius 2 is 1.91 bits per heavy atom. The molecule has 0 amide bonds. The third kappa shape index (κ3) is 4.14. The quantitative estimate of drug-likeness (QED) is 0.469. The van der Waals surface area contributed by atoms with Crippen molar-refractivity contribution in [3.05, 3.63) is 35.6 Å². The van der Waals surface area contributed by atoms with Crippen molar-refractivity contribution in [1.29, 1.82) is 5.41 Å². The first-order valence-electron chi connectivity index (χ1n) is 3.38. The van der Waals surface area contributed by atoms with Crippen LogP contribution in [0, 0.1) is 5.41 Å². The molecule has 0 bridgehead atoms. The molecule has 0 aromatic rings. The molecule has 2 nitrogen and oxygen atoms in total. The second-order valence-corrected chi connectivity index (χ2v) is 2.54. The van der Waals surface area contributed by atoms with Gasteiger partial charge in [0.15, 0.2) is 0 Å². The van der Waals surface area contributed by atoms with Crippen LogP contribution >= 0.6 is 0 Å². The molecule has 0 aromatic carbocycles. The van der Waals surface area contributed by atoms with E-state index in [-0.39, 0.29) is 0 Å². The highest BCUT2D eigenvalue weighted by molar-refractivity contribution is 5.80. The molecule has 0 atom stereocenters. The third-order valence-corrected chi connectivity index (χ3v) is 1.14. The molecule has 60 valence electrons. The summed E-state index contributed by atoms with van der Waals surface area (Å²) in [5.41, 5.74) is 7.80. The number of nitrogens with one attached hydrogen (secondary N) is 1. The molecule has 0 aliphatic heterocycles. The lowest BCUT2D eigenvalue weighted by Crippen LogP contribution is -1.99. The lowest BCUT2D eigenvalue weighted by atomic mass is 10.2. The summed E-state index contributed by atoms with van der Waals surface area (Å²) in [5.74, 6) is 0. The minimum Gasteiger partial charge on any atom is -0.398 e. The maximum atomic E-state index is 6.86. The Bertz CT molecular complexity index is 218. The van der Waals surface area contributed by atoms with Gasteiger partial charge < -0.3 is 11.1 Å². The zero-order valence-corrected chi connectivity index (χ0v) is 7.02. The van der Waals surface area contributed by atoms with Crippen molar-refractivity contribution in [2.45, 2.75) is 13.8 Å². The van der Waals surface area contributed by atoms with Crippen molar-refractivity contribution >= 4 is 6.21 Å². The molecule has 0 aliphatic carbocycles. The van der Waals surface area contributed by atoms with Gasteiger partial charge in [-0.25, -0.2) is 0 Å². The van der Waals surface area contributed by atoms with Gasteiger partial charge >= 0.3 is 0 Å². The fourth-order valence-electron chi connectivity index (χ4n) is 0.447. The molecule has 11 heavy (non-hydrogen) atoms. The summed E-state index contributed by atoms with van der Waals surface area (Å²) in [7, 11) is 0. The van der Waals surface area contributed by atoms with Crippen LogP contribution in [0.4, 0.5) is 0 Å². The van der Waals surface area contributed by atoms with Gasteiger partial charge in [-0.2, -0.15) is 0 Å². The lowest BCUT2D eigenvalue weighted by Gasteiger charge is -1.95. The Morgan fingerprint density at radius 1 is 1.36 bits per heavy atom. The highest BCUT2D eigenvalue weighted by Gasteiger charge is 1.89. The topological polar surface area (TPSA) is 49.9 Å². The maximum absolute atomic E-state index is 6.86. The Labute approximate surface area is 67.6 Å². The Hall–Kier alpha value is -1.31. The van der Waals surface area contributed by atoms with E-state index in [1.807, 2.05) is 19.9 Å². The number of hydrogen-bond acceptors (Lipinski definition) is 2. The molecule has 0 spiro atoms. The highest BCUT2D eigenvalue weighted by Crippen LogP contribution is 1.98. The SMILES string of the molecule is C=C(C=N)/C(N)=C\C=C(C)C. The average Bonchev–Trinajstić information content (AvgIpc) is 1.98. The van der Waals surface area contributed by atoms with Crippen LogP contribution in [0.5, 0.6) is 0 Å². The molecular weight excluding hydrogens is 136 g/mol. The summed E-state index contributed by atoms with van der Waals surface area (Å²) in [6, 6.07) is 0. The van der Waals surface area contributed by atoms with Crippen molar-refractivity contribution in [2.24, 2.45) is 5.73 Å². The molecule has 0 heterocycles. The predicted molar refractivity (Wildman–Crippen MR) is 49.6 cm³/mol. The van der Waals surface area contributed by atoms with Gasteiger partial charge in [0.1, 0.15) is 0 Å². The van der Waals surface area contributed by atoms with Gasteiger partial charge in [0.05, 0.1) is 0 Å². The molecule has 0 fully saturated rings. The van der Waals surface area contributed by atoms with E-state index in [0.29, 0.717) is 11.3 Å². The van der Waals surface area contributed by atoms with Gasteiger partial charge in [-0.15, -0.1) is 0 Å². The second-order valence-electron chi connectivity index (χ2n) is 2.54. The van der Waals surface area contributed by atoms with Crippen LogP contribution in [0.15, 0.2) is 35.6 Å². The summed E-state index contributed by atoms with van der Waals surface area (Å²) in [4.78, 5) is 0. The molecule has 0 unspecified atom stereocenters. The van der Waals surface area contributed by atoms with E-state index < -0.39 is 0 Å². The average molecular weight is 150 g/mol. The molecular formula is C9H14N2. The number of allylic oxidation sites excluding steroid dienone is 4. The highest BCUT2D eigenvalue weighted by atomic mass is 14.6. The normalized spacial score (nSPS) is 10.5. The molecule has 0 saturated carbocycles. The fourth-order valence-corrected chi connectivity index (χ4v) is 0.447. The fraction of sp³-hybridized carbons (Fsp3) is 0.222. The zero-order chi connectivity index (χ0) is 8.85. The minimum absolute atomic E-state index is 0.543. The van der Waals surface area contributed by atoms with Crippen LogP contribution in [-0.4, -0.2) is 6.21 Å². The summed E-state index contributed by atoms with van der Waals surface area (Å²) in [5, 5.41) is 6.86. The second kappa shape index (κ2) is 4.50. The van der Waals surface area contributed by atoms with Crippen LogP contribution in [0.3, 0.4) is 0 Å². The largest absolute Gasteiger partial charge is 0.398 e. The summed E-state index contributed by atoms with van der Waals surface area (Å²) >= 11 is 0. The Morgan fingerprint density at radius 3 is 2.27 bits per heavy atom. The molecule has 0 radical (unpaired) electrons. The van der Waals surface area contributed by atoms with Crippen molar-refractivity contribution in [3.63, 3.8) is 0 Å². The molecule has 0 saturated heterocycles. The summed E-state index contributed by atoms with van der Waals surface area (Å²) in [6.07, 6.45) is 4.79. The summed E-state index contributed by atoms with van der Waals surface area (Å²) < 4.78 is 0. The van der Waals surface area contributed by atoms with E-state index in [2.05, 4.69) is 6.58 Å². The van der Waals surface area contributed by atoms with Gasteiger partial charge in [-0.05, 0) is 19.9 Å². The molecule has 0 rings (SSSR count).